The van der Waals surface area contributed by atoms with Crippen LogP contribution in [0.2, 0.25) is 0 Å². The van der Waals surface area contributed by atoms with Gasteiger partial charge in [0.25, 0.3) is 5.91 Å². The van der Waals surface area contributed by atoms with E-state index >= 15 is 0 Å². The summed E-state index contributed by atoms with van der Waals surface area (Å²) < 4.78 is 10.8. The number of benzene rings is 1. The molecule has 0 radical (unpaired) electrons. The molecule has 8 nitrogen and oxygen atoms in total. The molecule has 0 bridgehead atoms. The van der Waals surface area contributed by atoms with Crippen LogP contribution in [0, 0.1) is 0 Å². The van der Waals surface area contributed by atoms with Crippen LogP contribution in [-0.4, -0.2) is 45.5 Å². The average Bonchev–Trinajstić information content (AvgIpc) is 3.32. The van der Waals surface area contributed by atoms with Crippen LogP contribution < -0.4 is 14.8 Å². The van der Waals surface area contributed by atoms with Crippen molar-refractivity contribution >= 4 is 35.1 Å². The molecule has 1 aromatic heterocycles. The summed E-state index contributed by atoms with van der Waals surface area (Å²) in [5.74, 6) is -1.15. The molecule has 0 aliphatic rings. The summed E-state index contributed by atoms with van der Waals surface area (Å²) in [6, 6.07) is 6.59. The van der Waals surface area contributed by atoms with E-state index < -0.39 is 11.9 Å². The average molecular weight is 573 g/mol. The zero-order chi connectivity index (χ0) is 30.1. The second-order valence-corrected chi connectivity index (χ2v) is 7.45. The monoisotopic (exact) mass is 571 g/mol. The third-order valence-corrected chi connectivity index (χ3v) is 3.88. The van der Waals surface area contributed by atoms with Gasteiger partial charge in [-0.05, 0) is 50.7 Å². The Hall–Kier alpha value is -3.23. The minimum atomic E-state index is -1.34. The molecule has 3 N–H and O–H groups in total. The van der Waals surface area contributed by atoms with E-state index in [1.165, 1.54) is 12.8 Å². The quantitative estimate of drug-likeness (QED) is 0.195. The Morgan fingerprint density at radius 2 is 1.63 bits per heavy atom. The highest BCUT2D eigenvalue weighted by molar-refractivity contribution is 6.21. The molecule has 0 aliphatic heterocycles. The van der Waals surface area contributed by atoms with E-state index in [1.807, 2.05) is 27.7 Å². The van der Waals surface area contributed by atoms with Gasteiger partial charge < -0.3 is 19.9 Å². The SMILES string of the molecule is C=CC(Cl)CC(=C)C.C=CNC(=O)c1n[nH]c(Oc2ccc(OCC)cc2)c1C(=O)O.CC.CCC.CCl. The van der Waals surface area contributed by atoms with Crippen molar-refractivity contribution < 1.29 is 24.2 Å². The van der Waals surface area contributed by atoms with Crippen molar-refractivity contribution in [3.05, 3.63) is 73.1 Å². The van der Waals surface area contributed by atoms with Gasteiger partial charge in [0.15, 0.2) is 11.3 Å². The number of allylic oxidation sites excluding steroid dienone is 2. The Kier molecular flexibility index (Phi) is 26.3. The minimum Gasteiger partial charge on any atom is -0.494 e. The molecule has 0 saturated heterocycles. The van der Waals surface area contributed by atoms with E-state index in [4.69, 9.17) is 21.1 Å². The fraction of sp³-hybridized carbons (Fsp3) is 0.393. The van der Waals surface area contributed by atoms with Crippen molar-refractivity contribution in [3.63, 3.8) is 0 Å². The summed E-state index contributed by atoms with van der Waals surface area (Å²) in [4.78, 5) is 23.1. The Bertz CT molecular complexity index is 944. The molecular formula is C28H43Cl2N3O5. The Morgan fingerprint density at radius 1 is 1.13 bits per heavy atom. The molecule has 0 aliphatic carbocycles. The van der Waals surface area contributed by atoms with Crippen LogP contribution in [0.1, 0.15) is 75.2 Å². The van der Waals surface area contributed by atoms with E-state index in [1.54, 1.807) is 30.3 Å². The number of carboxylic acid groups (broad SMARTS) is 1. The number of rotatable bonds is 10. The number of hydrogen-bond donors (Lipinski definition) is 3. The maximum atomic E-state index is 11.8. The molecule has 0 saturated carbocycles. The number of carboxylic acids is 1. The molecule has 1 aromatic carbocycles. The third kappa shape index (κ3) is 17.3. The summed E-state index contributed by atoms with van der Waals surface area (Å²) in [7, 11) is 0. The molecule has 1 amide bonds. The largest absolute Gasteiger partial charge is 0.494 e. The second-order valence-electron chi connectivity index (χ2n) is 6.89. The minimum absolute atomic E-state index is 0.0625. The number of H-pyrrole nitrogens is 1. The van der Waals surface area contributed by atoms with Crippen molar-refractivity contribution in [1.29, 1.82) is 0 Å². The van der Waals surface area contributed by atoms with Crippen LogP contribution in [0.15, 0.2) is 61.9 Å². The van der Waals surface area contributed by atoms with Gasteiger partial charge >= 0.3 is 5.97 Å². The zero-order valence-corrected chi connectivity index (χ0v) is 25.1. The first kappa shape index (κ1) is 39.3. The fourth-order valence-corrected chi connectivity index (χ4v) is 2.49. The molecule has 1 unspecified atom stereocenters. The Labute approximate surface area is 237 Å². The first-order chi connectivity index (χ1) is 18.1. The van der Waals surface area contributed by atoms with Crippen molar-refractivity contribution in [2.24, 2.45) is 0 Å². The van der Waals surface area contributed by atoms with Crippen molar-refractivity contribution in [2.75, 3.05) is 13.0 Å². The van der Waals surface area contributed by atoms with Crippen molar-refractivity contribution in [2.45, 2.75) is 59.8 Å². The molecule has 214 valence electrons. The van der Waals surface area contributed by atoms with E-state index in [0.29, 0.717) is 18.1 Å². The number of ether oxygens (including phenoxy) is 2. The second kappa shape index (κ2) is 25.4. The summed E-state index contributed by atoms with van der Waals surface area (Å²) in [6.07, 6.45) is 6.41. The zero-order valence-electron chi connectivity index (χ0n) is 23.6. The van der Waals surface area contributed by atoms with Crippen molar-refractivity contribution in [3.8, 4) is 17.4 Å². The number of alkyl halides is 2. The van der Waals surface area contributed by atoms with Crippen LogP contribution in [0.25, 0.3) is 0 Å². The standard InChI is InChI=1S/C15H15N3O5.C7H11Cl.C3H8.C2H6.CH3Cl/c1-3-16-13(19)12-11(15(20)21)14(18-17-12)23-10-7-5-9(6-8-10)22-4-2;1-4-7(8)5-6(2)3;1-3-2;2*1-2/h3,5-8H,1,4H2,2H3,(H,16,19)(H,17,18)(H,20,21);4,7H,1-2,5H2,3H3;3H2,1-2H3;1-2H3;1H3. The van der Waals surface area contributed by atoms with Gasteiger partial charge in [-0.15, -0.1) is 36.4 Å². The lowest BCUT2D eigenvalue weighted by Gasteiger charge is -2.06. The van der Waals surface area contributed by atoms with E-state index in [2.05, 4.69) is 60.7 Å². The molecular weight excluding hydrogens is 529 g/mol. The molecule has 2 aromatic rings. The normalized spacial score (nSPS) is 9.50. The number of halogens is 2. The maximum absolute atomic E-state index is 11.8. The van der Waals surface area contributed by atoms with Gasteiger partial charge in [0.1, 0.15) is 11.5 Å². The summed E-state index contributed by atoms with van der Waals surface area (Å²) in [6.45, 7) is 23.2. The first-order valence-electron chi connectivity index (χ1n) is 12.1. The number of hydrogen-bond acceptors (Lipinski definition) is 5. The number of nitrogens with one attached hydrogen (secondary N) is 2. The third-order valence-electron chi connectivity index (χ3n) is 3.55. The molecule has 1 atom stereocenters. The van der Waals surface area contributed by atoms with Crippen molar-refractivity contribution in [1.82, 2.24) is 15.5 Å². The molecule has 38 heavy (non-hydrogen) atoms. The number of carbonyl (C=O) groups is 2. The molecule has 0 spiro atoms. The van der Waals surface area contributed by atoms with E-state index in [0.717, 1.165) is 18.2 Å². The Morgan fingerprint density at radius 3 is 2.00 bits per heavy atom. The summed E-state index contributed by atoms with van der Waals surface area (Å²) >= 11 is 10.3. The lowest BCUT2D eigenvalue weighted by molar-refractivity contribution is 0.0688. The van der Waals surface area contributed by atoms with Crippen LogP contribution in [0.4, 0.5) is 0 Å². The topological polar surface area (TPSA) is 114 Å². The summed E-state index contributed by atoms with van der Waals surface area (Å²) in [5, 5.41) is 17.7. The summed E-state index contributed by atoms with van der Waals surface area (Å²) in [5.41, 5.74) is 0.446. The lowest BCUT2D eigenvalue weighted by atomic mass is 10.2. The van der Waals surface area contributed by atoms with Crippen LogP contribution in [0.3, 0.4) is 0 Å². The van der Waals surface area contributed by atoms with Gasteiger partial charge in [-0.3, -0.25) is 4.79 Å². The van der Waals surface area contributed by atoms with Crippen LogP contribution >= 0.6 is 23.2 Å². The fourth-order valence-electron chi connectivity index (χ4n) is 2.23. The van der Waals surface area contributed by atoms with E-state index in [9.17, 15) is 14.7 Å². The highest BCUT2D eigenvalue weighted by Crippen LogP contribution is 2.27. The van der Waals surface area contributed by atoms with Gasteiger partial charge in [-0.25, -0.2) is 9.89 Å². The molecule has 10 heteroatoms. The number of aromatic nitrogens is 2. The first-order valence-corrected chi connectivity index (χ1v) is 13.3. The number of carbonyl (C=O) groups excluding carboxylic acids is 1. The Balaban J connectivity index is -0.000000681. The molecule has 2 rings (SSSR count). The van der Waals surface area contributed by atoms with E-state index in [-0.39, 0.29) is 22.5 Å². The van der Waals surface area contributed by atoms with Crippen LogP contribution in [0.5, 0.6) is 17.4 Å². The van der Waals surface area contributed by atoms with Gasteiger partial charge in [-0.2, -0.15) is 5.10 Å². The highest BCUT2D eigenvalue weighted by Gasteiger charge is 2.26. The number of aromatic amines is 1. The number of aromatic carboxylic acids is 1. The van der Waals surface area contributed by atoms with Gasteiger partial charge in [-0.1, -0.05) is 52.3 Å². The van der Waals surface area contributed by atoms with Gasteiger partial charge in [0.05, 0.1) is 12.0 Å². The highest BCUT2D eigenvalue weighted by atomic mass is 35.5. The number of amides is 1. The van der Waals surface area contributed by atoms with Gasteiger partial charge in [0, 0.05) is 6.38 Å². The molecule has 1 heterocycles. The predicted octanol–water partition coefficient (Wildman–Crippen LogP) is 8.22. The van der Waals surface area contributed by atoms with Crippen LogP contribution in [-0.2, 0) is 0 Å². The molecule has 0 fully saturated rings. The predicted molar refractivity (Wildman–Crippen MR) is 159 cm³/mol. The van der Waals surface area contributed by atoms with Gasteiger partial charge in [0.2, 0.25) is 5.88 Å². The number of nitrogens with zero attached hydrogens (tertiary/aromatic N) is 1. The maximum Gasteiger partial charge on any atom is 0.343 e. The smallest absolute Gasteiger partial charge is 0.343 e. The lowest BCUT2D eigenvalue weighted by Crippen LogP contribution is -2.20.